The van der Waals surface area contributed by atoms with Gasteiger partial charge in [-0.05, 0) is 30.7 Å². The zero-order valence-corrected chi connectivity index (χ0v) is 23.0. The second-order valence-corrected chi connectivity index (χ2v) is 9.50. The minimum Gasteiger partial charge on any atom is -0.483 e. The molecule has 0 saturated carbocycles. The van der Waals surface area contributed by atoms with Gasteiger partial charge in [0.25, 0.3) is 23.6 Å². The van der Waals surface area contributed by atoms with Crippen LogP contribution in [-0.2, 0) is 23.9 Å². The van der Waals surface area contributed by atoms with E-state index in [2.05, 4.69) is 20.9 Å². The van der Waals surface area contributed by atoms with E-state index in [1.54, 1.807) is 12.1 Å². The average molecular weight is 600 g/mol. The Kier molecular flexibility index (Phi) is 10.8. The molecule has 2 aromatic rings. The van der Waals surface area contributed by atoms with Crippen molar-refractivity contribution in [3.63, 3.8) is 0 Å². The summed E-state index contributed by atoms with van der Waals surface area (Å²) in [5.74, 6) is -3.55. The second kappa shape index (κ2) is 14.9. The lowest BCUT2D eigenvalue weighted by Crippen LogP contribution is -2.54. The van der Waals surface area contributed by atoms with Crippen molar-refractivity contribution in [2.45, 2.75) is 25.1 Å². The van der Waals surface area contributed by atoms with Crippen LogP contribution in [0.5, 0.6) is 5.75 Å². The Morgan fingerprint density at radius 1 is 1.05 bits per heavy atom. The number of alkyl halides is 1. The minimum atomic E-state index is -1.40. The van der Waals surface area contributed by atoms with Crippen molar-refractivity contribution < 1.29 is 47.4 Å². The Labute approximate surface area is 245 Å². The minimum absolute atomic E-state index is 0.00296. The van der Waals surface area contributed by atoms with Crippen molar-refractivity contribution in [1.29, 1.82) is 0 Å². The van der Waals surface area contributed by atoms with E-state index >= 15 is 0 Å². The number of hydrogen-bond donors (Lipinski definition) is 3. The van der Waals surface area contributed by atoms with E-state index < -0.39 is 54.3 Å². The van der Waals surface area contributed by atoms with Gasteiger partial charge in [-0.25, -0.2) is 4.39 Å². The molecule has 6 amide bonds. The summed E-state index contributed by atoms with van der Waals surface area (Å²) in [6.45, 7) is -0.349. The van der Waals surface area contributed by atoms with Gasteiger partial charge in [-0.2, -0.15) is 0 Å². The highest BCUT2D eigenvalue weighted by Gasteiger charge is 2.46. The van der Waals surface area contributed by atoms with Crippen LogP contribution in [0.4, 0.5) is 4.39 Å². The van der Waals surface area contributed by atoms with Crippen molar-refractivity contribution in [1.82, 2.24) is 25.8 Å². The standard InChI is InChI=1S/C28H30FN5O9/c29-18(14-32-25(37)17-3-2-8-30-13-17)15-42-12-11-41-10-9-31-23(36)16-43-21-5-1-4-19-24(21)28(40)34(27(19)39)20-6-7-22(35)33-26(20)38/h1-5,8,13,18,20H,6-7,9-12,14-16H2,(H,31,36)(H,32,37)(H,33,35,38). The van der Waals surface area contributed by atoms with Gasteiger partial charge in [-0.15, -0.1) is 0 Å². The highest BCUT2D eigenvalue weighted by Crippen LogP contribution is 2.33. The van der Waals surface area contributed by atoms with Crippen LogP contribution in [0.1, 0.15) is 43.9 Å². The van der Waals surface area contributed by atoms with Crippen LogP contribution in [0.3, 0.4) is 0 Å². The molecular formula is C28H30FN5O9. The van der Waals surface area contributed by atoms with Crippen molar-refractivity contribution in [3.05, 3.63) is 59.4 Å². The molecule has 1 fully saturated rings. The maximum atomic E-state index is 13.9. The maximum Gasteiger partial charge on any atom is 0.266 e. The number of hydrogen-bond acceptors (Lipinski definition) is 10. The maximum absolute atomic E-state index is 13.9. The lowest BCUT2D eigenvalue weighted by molar-refractivity contribution is -0.136. The highest BCUT2D eigenvalue weighted by atomic mass is 19.1. The first kappa shape index (κ1) is 31.2. The van der Waals surface area contributed by atoms with Crippen LogP contribution in [-0.4, -0.2) is 104 Å². The van der Waals surface area contributed by atoms with Crippen LogP contribution in [0.15, 0.2) is 42.7 Å². The fourth-order valence-electron chi connectivity index (χ4n) is 4.35. The number of benzene rings is 1. The van der Waals surface area contributed by atoms with E-state index in [1.807, 2.05) is 0 Å². The summed E-state index contributed by atoms with van der Waals surface area (Å²) in [6, 6.07) is 6.41. The summed E-state index contributed by atoms with van der Waals surface area (Å²) in [7, 11) is 0. The zero-order valence-electron chi connectivity index (χ0n) is 23.0. The predicted octanol–water partition coefficient (Wildman–Crippen LogP) is -0.221. The van der Waals surface area contributed by atoms with Gasteiger partial charge in [-0.3, -0.25) is 44.0 Å². The Bertz CT molecular complexity index is 1370. The van der Waals surface area contributed by atoms with Gasteiger partial charge in [0.15, 0.2) is 6.61 Å². The molecule has 228 valence electrons. The van der Waals surface area contributed by atoms with E-state index in [1.165, 1.54) is 30.6 Å². The summed E-state index contributed by atoms with van der Waals surface area (Å²) >= 11 is 0. The number of nitrogens with one attached hydrogen (secondary N) is 3. The highest BCUT2D eigenvalue weighted by molar-refractivity contribution is 6.24. The van der Waals surface area contributed by atoms with E-state index in [0.717, 1.165) is 4.90 Å². The molecule has 3 N–H and O–H groups in total. The predicted molar refractivity (Wildman–Crippen MR) is 145 cm³/mol. The number of imide groups is 2. The number of carbonyl (C=O) groups excluding carboxylic acids is 6. The fraction of sp³-hybridized carbons (Fsp3) is 0.393. The number of amides is 6. The molecule has 0 aliphatic carbocycles. The van der Waals surface area contributed by atoms with Crippen molar-refractivity contribution in [2.75, 3.05) is 46.1 Å². The van der Waals surface area contributed by atoms with E-state index in [-0.39, 0.29) is 69.2 Å². The molecule has 1 aromatic carbocycles. The van der Waals surface area contributed by atoms with Crippen LogP contribution in [0, 0.1) is 0 Å². The van der Waals surface area contributed by atoms with Crippen LogP contribution in [0.2, 0.25) is 0 Å². The first-order valence-corrected chi connectivity index (χ1v) is 13.5. The molecule has 43 heavy (non-hydrogen) atoms. The molecule has 2 unspecified atom stereocenters. The lowest BCUT2D eigenvalue weighted by Gasteiger charge is -2.27. The van der Waals surface area contributed by atoms with Gasteiger partial charge in [0.2, 0.25) is 11.8 Å². The van der Waals surface area contributed by atoms with Gasteiger partial charge < -0.3 is 24.8 Å². The number of piperidine rings is 1. The van der Waals surface area contributed by atoms with Gasteiger partial charge in [0, 0.05) is 25.4 Å². The number of pyridine rings is 1. The van der Waals surface area contributed by atoms with Crippen LogP contribution in [0.25, 0.3) is 0 Å². The first-order valence-electron chi connectivity index (χ1n) is 13.5. The second-order valence-electron chi connectivity index (χ2n) is 9.50. The third kappa shape index (κ3) is 8.17. The lowest BCUT2D eigenvalue weighted by atomic mass is 10.0. The van der Waals surface area contributed by atoms with E-state index in [0.29, 0.717) is 5.56 Å². The zero-order chi connectivity index (χ0) is 30.8. The molecule has 2 aliphatic rings. The first-order chi connectivity index (χ1) is 20.8. The Hall–Kier alpha value is -4.76. The van der Waals surface area contributed by atoms with Gasteiger partial charge in [-0.1, -0.05) is 6.07 Å². The van der Waals surface area contributed by atoms with Gasteiger partial charge in [0.05, 0.1) is 49.7 Å². The quantitative estimate of drug-likeness (QED) is 0.183. The molecule has 14 nitrogen and oxygen atoms in total. The number of fused-ring (bicyclic) bond motifs is 1. The molecule has 4 rings (SSSR count). The van der Waals surface area contributed by atoms with Gasteiger partial charge >= 0.3 is 0 Å². The summed E-state index contributed by atoms with van der Waals surface area (Å²) < 4.78 is 30.0. The summed E-state index contributed by atoms with van der Waals surface area (Å²) in [6.07, 6.45) is 1.52. The number of ether oxygens (including phenoxy) is 3. The molecule has 0 spiro atoms. The number of aromatic nitrogens is 1. The van der Waals surface area contributed by atoms with Crippen LogP contribution < -0.4 is 20.7 Å². The topological polar surface area (TPSA) is 182 Å². The Morgan fingerprint density at radius 3 is 2.63 bits per heavy atom. The molecule has 2 atom stereocenters. The summed E-state index contributed by atoms with van der Waals surface area (Å²) in [4.78, 5) is 78.4. The molecular weight excluding hydrogens is 569 g/mol. The smallest absolute Gasteiger partial charge is 0.266 e. The van der Waals surface area contributed by atoms with E-state index in [9.17, 15) is 33.2 Å². The molecule has 1 saturated heterocycles. The summed E-state index contributed by atoms with van der Waals surface area (Å²) in [5, 5.41) is 7.17. The third-order valence-electron chi connectivity index (χ3n) is 6.44. The Morgan fingerprint density at radius 2 is 1.86 bits per heavy atom. The normalized spacial score (nSPS) is 16.9. The largest absolute Gasteiger partial charge is 0.483 e. The number of halogens is 1. The van der Waals surface area contributed by atoms with Crippen molar-refractivity contribution in [2.24, 2.45) is 0 Å². The van der Waals surface area contributed by atoms with Crippen molar-refractivity contribution in [3.8, 4) is 5.75 Å². The molecule has 1 aromatic heterocycles. The third-order valence-corrected chi connectivity index (χ3v) is 6.44. The van der Waals surface area contributed by atoms with Crippen molar-refractivity contribution >= 4 is 35.4 Å². The Balaban J connectivity index is 1.10. The SMILES string of the molecule is O=C(COc1cccc2c1C(=O)N(C1CCC(=O)NC1=O)C2=O)NCCOCCOCC(F)CNC(=O)c1cccnc1. The number of rotatable bonds is 15. The van der Waals surface area contributed by atoms with E-state index in [4.69, 9.17) is 14.2 Å². The molecule has 0 bridgehead atoms. The summed E-state index contributed by atoms with van der Waals surface area (Å²) in [5.41, 5.74) is 0.313. The molecule has 2 aliphatic heterocycles. The monoisotopic (exact) mass is 599 g/mol. The van der Waals surface area contributed by atoms with Crippen LogP contribution >= 0.6 is 0 Å². The number of carbonyl (C=O) groups is 6. The molecule has 15 heteroatoms. The fourth-order valence-corrected chi connectivity index (χ4v) is 4.35. The average Bonchev–Trinajstić information content (AvgIpc) is 3.26. The van der Waals surface area contributed by atoms with Gasteiger partial charge in [0.1, 0.15) is 18.0 Å². The molecule has 3 heterocycles. The number of nitrogens with zero attached hydrogens (tertiary/aromatic N) is 2. The molecule has 0 radical (unpaired) electrons.